The van der Waals surface area contributed by atoms with E-state index in [0.717, 1.165) is 18.4 Å². The van der Waals surface area contributed by atoms with Crippen molar-refractivity contribution in [1.82, 2.24) is 5.32 Å². The minimum absolute atomic E-state index is 0.113. The van der Waals surface area contributed by atoms with E-state index in [-0.39, 0.29) is 5.91 Å². The molecule has 0 saturated heterocycles. The summed E-state index contributed by atoms with van der Waals surface area (Å²) in [5, 5.41) is 2.99. The number of carbonyl (C=O) groups is 1. The van der Waals surface area contributed by atoms with Crippen LogP contribution in [0.4, 0.5) is 0 Å². The Labute approximate surface area is 107 Å². The highest BCUT2D eigenvalue weighted by Gasteiger charge is 2.39. The summed E-state index contributed by atoms with van der Waals surface area (Å²) in [6.45, 7) is 1.12. The van der Waals surface area contributed by atoms with Crippen LogP contribution in [0.5, 0.6) is 0 Å². The van der Waals surface area contributed by atoms with E-state index in [4.69, 9.17) is 10.2 Å². The van der Waals surface area contributed by atoms with Gasteiger partial charge in [0.15, 0.2) is 5.76 Å². The number of nitrogens with two attached hydrogens (primary N) is 1. The van der Waals surface area contributed by atoms with Gasteiger partial charge in [-0.3, -0.25) is 4.79 Å². The summed E-state index contributed by atoms with van der Waals surface area (Å²) in [7, 11) is 0. The highest BCUT2D eigenvalue weighted by Crippen LogP contribution is 2.47. The molecule has 0 spiro atoms. The van der Waals surface area contributed by atoms with Gasteiger partial charge in [0, 0.05) is 6.54 Å². The molecule has 0 radical (unpaired) electrons. The van der Waals surface area contributed by atoms with Crippen LogP contribution in [0.2, 0.25) is 0 Å². The van der Waals surface area contributed by atoms with Crippen LogP contribution in [-0.2, 0) is 6.54 Å². The smallest absolute Gasteiger partial charge is 0.287 e. The molecule has 2 aliphatic rings. The molecule has 4 heteroatoms. The molecule has 98 valence electrons. The molecule has 18 heavy (non-hydrogen) atoms. The van der Waals surface area contributed by atoms with Gasteiger partial charge in [0.1, 0.15) is 5.76 Å². The van der Waals surface area contributed by atoms with Gasteiger partial charge < -0.3 is 15.5 Å². The summed E-state index contributed by atoms with van der Waals surface area (Å²) in [6, 6.07) is 3.45. The maximum atomic E-state index is 11.9. The van der Waals surface area contributed by atoms with E-state index in [1.807, 2.05) is 0 Å². The maximum absolute atomic E-state index is 11.9. The lowest BCUT2D eigenvalue weighted by atomic mass is 9.89. The fourth-order valence-corrected chi connectivity index (χ4v) is 3.55. The summed E-state index contributed by atoms with van der Waals surface area (Å²) < 4.78 is 5.33. The summed E-state index contributed by atoms with van der Waals surface area (Å²) in [6.07, 6.45) is 5.41. The molecule has 1 aromatic heterocycles. The SMILES string of the molecule is NCc1ccc(C(=O)NCC2CC3CCC2C3)o1. The van der Waals surface area contributed by atoms with E-state index in [1.54, 1.807) is 12.1 Å². The number of furan rings is 1. The Hall–Kier alpha value is -1.29. The van der Waals surface area contributed by atoms with Gasteiger partial charge in [-0.1, -0.05) is 6.42 Å². The molecular weight excluding hydrogens is 228 g/mol. The quantitative estimate of drug-likeness (QED) is 0.855. The topological polar surface area (TPSA) is 68.3 Å². The Bertz CT molecular complexity index is 441. The van der Waals surface area contributed by atoms with Gasteiger partial charge >= 0.3 is 0 Å². The zero-order chi connectivity index (χ0) is 12.5. The lowest BCUT2D eigenvalue weighted by Crippen LogP contribution is -2.31. The van der Waals surface area contributed by atoms with Crippen LogP contribution in [0.25, 0.3) is 0 Å². The fraction of sp³-hybridized carbons (Fsp3) is 0.643. The van der Waals surface area contributed by atoms with Crippen LogP contribution in [0.1, 0.15) is 42.0 Å². The normalized spacial score (nSPS) is 29.7. The molecule has 2 fully saturated rings. The Morgan fingerprint density at radius 3 is 2.89 bits per heavy atom. The molecule has 0 aromatic carbocycles. The number of rotatable bonds is 4. The zero-order valence-electron chi connectivity index (χ0n) is 10.5. The second kappa shape index (κ2) is 4.76. The zero-order valence-corrected chi connectivity index (χ0v) is 10.5. The molecule has 1 aromatic rings. The second-order valence-corrected chi connectivity index (χ2v) is 5.62. The van der Waals surface area contributed by atoms with Crippen molar-refractivity contribution in [1.29, 1.82) is 0 Å². The van der Waals surface area contributed by atoms with Crippen LogP contribution in [-0.4, -0.2) is 12.5 Å². The number of hydrogen-bond donors (Lipinski definition) is 2. The van der Waals surface area contributed by atoms with Crippen LogP contribution in [0.15, 0.2) is 16.5 Å². The first-order valence-electron chi connectivity index (χ1n) is 6.83. The van der Waals surface area contributed by atoms with Crippen LogP contribution < -0.4 is 11.1 Å². The number of nitrogens with one attached hydrogen (secondary N) is 1. The van der Waals surface area contributed by atoms with E-state index in [0.29, 0.717) is 24.0 Å². The largest absolute Gasteiger partial charge is 0.455 e. The molecule has 3 N–H and O–H groups in total. The Morgan fingerprint density at radius 1 is 1.39 bits per heavy atom. The molecule has 3 unspecified atom stereocenters. The summed E-state index contributed by atoms with van der Waals surface area (Å²) in [4.78, 5) is 11.9. The van der Waals surface area contributed by atoms with Gasteiger partial charge in [0.2, 0.25) is 0 Å². The maximum Gasteiger partial charge on any atom is 0.287 e. The molecule has 2 saturated carbocycles. The van der Waals surface area contributed by atoms with Gasteiger partial charge in [0.05, 0.1) is 6.54 Å². The second-order valence-electron chi connectivity index (χ2n) is 5.62. The number of carbonyl (C=O) groups excluding carboxylic acids is 1. The van der Waals surface area contributed by atoms with Gasteiger partial charge in [-0.2, -0.15) is 0 Å². The van der Waals surface area contributed by atoms with Crippen LogP contribution >= 0.6 is 0 Å². The highest BCUT2D eigenvalue weighted by molar-refractivity contribution is 5.91. The molecule has 2 aliphatic carbocycles. The number of fused-ring (bicyclic) bond motifs is 2. The lowest BCUT2D eigenvalue weighted by molar-refractivity contribution is 0.0912. The fourth-order valence-electron chi connectivity index (χ4n) is 3.55. The third-order valence-electron chi connectivity index (χ3n) is 4.50. The van der Waals surface area contributed by atoms with Gasteiger partial charge in [-0.05, 0) is 49.1 Å². The van der Waals surface area contributed by atoms with E-state index in [1.165, 1.54) is 25.7 Å². The van der Waals surface area contributed by atoms with Crippen LogP contribution in [0.3, 0.4) is 0 Å². The van der Waals surface area contributed by atoms with Crippen molar-refractivity contribution >= 4 is 5.91 Å². The van der Waals surface area contributed by atoms with Crippen molar-refractivity contribution in [3.8, 4) is 0 Å². The van der Waals surface area contributed by atoms with Crippen molar-refractivity contribution in [2.45, 2.75) is 32.2 Å². The molecule has 1 amide bonds. The Morgan fingerprint density at radius 2 is 2.28 bits per heavy atom. The summed E-state index contributed by atoms with van der Waals surface area (Å²) >= 11 is 0. The third-order valence-corrected chi connectivity index (χ3v) is 4.50. The predicted molar refractivity (Wildman–Crippen MR) is 67.9 cm³/mol. The molecule has 1 heterocycles. The first-order chi connectivity index (χ1) is 8.76. The third kappa shape index (κ3) is 2.17. The minimum Gasteiger partial charge on any atom is -0.455 e. The van der Waals surface area contributed by atoms with Gasteiger partial charge in [-0.15, -0.1) is 0 Å². The predicted octanol–water partition coefficient (Wildman–Crippen LogP) is 1.90. The monoisotopic (exact) mass is 248 g/mol. The Kier molecular flexibility index (Phi) is 3.12. The highest BCUT2D eigenvalue weighted by atomic mass is 16.4. The minimum atomic E-state index is -0.113. The molecule has 0 aliphatic heterocycles. The van der Waals surface area contributed by atoms with Crippen molar-refractivity contribution in [2.24, 2.45) is 23.5 Å². The Balaban J connectivity index is 1.52. The molecule has 3 rings (SSSR count). The number of hydrogen-bond acceptors (Lipinski definition) is 3. The van der Waals surface area contributed by atoms with Gasteiger partial charge in [-0.25, -0.2) is 0 Å². The first-order valence-corrected chi connectivity index (χ1v) is 6.83. The summed E-state index contributed by atoms with van der Waals surface area (Å²) in [5.74, 6) is 3.35. The average Bonchev–Trinajstić information content (AvgIpc) is 3.10. The van der Waals surface area contributed by atoms with E-state index >= 15 is 0 Å². The molecule has 2 bridgehead atoms. The van der Waals surface area contributed by atoms with E-state index < -0.39 is 0 Å². The van der Waals surface area contributed by atoms with Crippen molar-refractivity contribution in [3.05, 3.63) is 23.7 Å². The van der Waals surface area contributed by atoms with Crippen LogP contribution in [0, 0.1) is 17.8 Å². The average molecular weight is 248 g/mol. The standard InChI is InChI=1S/C14H20N2O2/c15-7-12-3-4-13(18-12)14(17)16-8-11-6-9-1-2-10(11)5-9/h3-4,9-11H,1-2,5-8,15H2,(H,16,17). The van der Waals surface area contributed by atoms with Gasteiger partial charge in [0.25, 0.3) is 5.91 Å². The molecule has 3 atom stereocenters. The van der Waals surface area contributed by atoms with E-state index in [2.05, 4.69) is 5.32 Å². The molecular formula is C14H20N2O2. The van der Waals surface area contributed by atoms with Crippen molar-refractivity contribution in [2.75, 3.05) is 6.54 Å². The van der Waals surface area contributed by atoms with Crippen molar-refractivity contribution in [3.63, 3.8) is 0 Å². The number of amides is 1. The molecule has 4 nitrogen and oxygen atoms in total. The van der Waals surface area contributed by atoms with E-state index in [9.17, 15) is 4.79 Å². The summed E-state index contributed by atoms with van der Waals surface area (Å²) in [5.41, 5.74) is 5.45. The van der Waals surface area contributed by atoms with Crippen molar-refractivity contribution < 1.29 is 9.21 Å². The first kappa shape index (κ1) is 11.8. The lowest BCUT2D eigenvalue weighted by Gasteiger charge is -2.21.